The van der Waals surface area contributed by atoms with E-state index in [1.54, 1.807) is 6.08 Å². The second-order valence-corrected chi connectivity index (χ2v) is 16.1. The molecule has 0 aromatic rings. The number of carbonyl (C=O) groups excluding carboxylic acids is 1. The highest BCUT2D eigenvalue weighted by atomic mass is 31.2. The molecule has 0 radical (unpaired) electrons. The Bertz CT molecular complexity index is 1190. The molecule has 0 saturated carbocycles. The summed E-state index contributed by atoms with van der Waals surface area (Å²) in [6.07, 6.45) is 50.6. The minimum Gasteiger partial charge on any atom is -0.387 e. The Morgan fingerprint density at radius 1 is 0.648 bits per heavy atom. The summed E-state index contributed by atoms with van der Waals surface area (Å²) in [5, 5.41) is 13.7. The number of hydrogen-bond donors (Lipinski definition) is 3. The molecule has 0 heterocycles. The van der Waals surface area contributed by atoms with Crippen LogP contribution in [0.1, 0.15) is 129 Å². The molecule has 3 atom stereocenters. The van der Waals surface area contributed by atoms with Gasteiger partial charge in [-0.25, -0.2) is 4.57 Å². The van der Waals surface area contributed by atoms with Crippen LogP contribution in [-0.4, -0.2) is 73.4 Å². The number of hydrogen-bond acceptors (Lipinski definition) is 5. The first-order chi connectivity index (χ1) is 26.0. The van der Waals surface area contributed by atoms with Gasteiger partial charge in [0.15, 0.2) is 0 Å². The molecule has 0 aromatic heterocycles. The highest BCUT2D eigenvalue weighted by molar-refractivity contribution is 7.47. The molecule has 54 heavy (non-hydrogen) atoms. The number of aliphatic hydroxyl groups excluding tert-OH is 1. The molecule has 8 nitrogen and oxygen atoms in total. The van der Waals surface area contributed by atoms with Crippen LogP contribution in [0.5, 0.6) is 0 Å². The van der Waals surface area contributed by atoms with Crippen molar-refractivity contribution in [3.8, 4) is 0 Å². The molecule has 0 fully saturated rings. The first kappa shape index (κ1) is 51.4. The van der Waals surface area contributed by atoms with Gasteiger partial charge in [-0.05, 0) is 83.5 Å². The molecule has 308 valence electrons. The molecule has 0 spiro atoms. The van der Waals surface area contributed by atoms with Crippen molar-refractivity contribution in [2.75, 3.05) is 40.9 Å². The third kappa shape index (κ3) is 37.7. The zero-order valence-corrected chi connectivity index (χ0v) is 35.6. The number of nitrogens with one attached hydrogen (secondary N) is 1. The molecule has 0 aliphatic rings. The van der Waals surface area contributed by atoms with Crippen LogP contribution in [0.25, 0.3) is 0 Å². The van der Waals surface area contributed by atoms with Crippen LogP contribution in [0.15, 0.2) is 97.2 Å². The van der Waals surface area contributed by atoms with Crippen LogP contribution in [-0.2, 0) is 18.4 Å². The first-order valence-corrected chi connectivity index (χ1v) is 22.1. The molecule has 9 heteroatoms. The number of unbranched alkanes of at least 4 members (excludes halogenated alkanes) is 8. The highest BCUT2D eigenvalue weighted by Crippen LogP contribution is 2.43. The van der Waals surface area contributed by atoms with Gasteiger partial charge in [-0.3, -0.25) is 13.8 Å². The Morgan fingerprint density at radius 2 is 1.13 bits per heavy atom. The van der Waals surface area contributed by atoms with Crippen molar-refractivity contribution < 1.29 is 32.9 Å². The van der Waals surface area contributed by atoms with Gasteiger partial charge in [-0.1, -0.05) is 137 Å². The van der Waals surface area contributed by atoms with Gasteiger partial charge in [0, 0.05) is 6.42 Å². The summed E-state index contributed by atoms with van der Waals surface area (Å²) >= 11 is 0. The van der Waals surface area contributed by atoms with E-state index in [4.69, 9.17) is 9.05 Å². The number of quaternary nitrogens is 1. The molecular weight excluding hydrogens is 695 g/mol. The first-order valence-electron chi connectivity index (χ1n) is 20.6. The Hall–Kier alpha value is -2.58. The maximum absolute atomic E-state index is 12.8. The van der Waals surface area contributed by atoms with Crippen LogP contribution in [0.4, 0.5) is 0 Å². The molecule has 0 aliphatic carbocycles. The number of phosphoric acid groups is 1. The van der Waals surface area contributed by atoms with E-state index in [1.807, 2.05) is 27.2 Å². The summed E-state index contributed by atoms with van der Waals surface area (Å²) in [7, 11) is 1.51. The van der Waals surface area contributed by atoms with E-state index in [1.165, 1.54) is 19.3 Å². The lowest BCUT2D eigenvalue weighted by molar-refractivity contribution is -0.870. The number of phosphoric ester groups is 1. The van der Waals surface area contributed by atoms with E-state index >= 15 is 0 Å². The summed E-state index contributed by atoms with van der Waals surface area (Å²) in [6, 6.07) is -0.881. The third-order valence-electron chi connectivity index (χ3n) is 8.29. The fourth-order valence-corrected chi connectivity index (χ4v) is 5.73. The van der Waals surface area contributed by atoms with Gasteiger partial charge < -0.3 is 19.8 Å². The van der Waals surface area contributed by atoms with Gasteiger partial charge in [-0.2, -0.15) is 0 Å². The van der Waals surface area contributed by atoms with Crippen LogP contribution in [0.2, 0.25) is 0 Å². The largest absolute Gasteiger partial charge is 0.472 e. The summed E-state index contributed by atoms with van der Waals surface area (Å²) in [6.45, 7) is 4.56. The van der Waals surface area contributed by atoms with E-state index in [0.717, 1.165) is 89.9 Å². The molecule has 3 N–H and O–H groups in total. The maximum atomic E-state index is 12.8. The number of amides is 1. The SMILES string of the molecule is CC/C=C\C/C=C\C/C=C\C/C=C\C/C=C\C/C=C\CCCCCCC(=O)NC(COP(=O)(O)OCC[N+](C)(C)C)C(O)/C=C/CC/C=C/CCCCC. The maximum Gasteiger partial charge on any atom is 0.472 e. The third-order valence-corrected chi connectivity index (χ3v) is 9.27. The molecule has 0 bridgehead atoms. The van der Waals surface area contributed by atoms with E-state index < -0.39 is 20.0 Å². The number of rotatable bonds is 35. The topological polar surface area (TPSA) is 105 Å². The van der Waals surface area contributed by atoms with Crippen LogP contribution in [0, 0.1) is 0 Å². The molecule has 1 amide bonds. The standard InChI is InChI=1S/C45H77N2O6P/c1-6-8-10-12-14-16-17-18-19-20-21-22-23-24-25-26-27-28-29-31-33-35-37-39-45(49)46-43(42-53-54(50,51)52-41-40-47(3,4)5)44(48)38-36-34-32-30-15-13-11-9-7-2/h8,10,14-16,18-19,21-22,24-25,27-28,30,36,38,43-44,48H,6-7,9,11-13,17,20,23,26,29,31-35,37,39-42H2,1-5H3,(H-,46,49,50,51)/p+1/b10-8-,16-14-,19-18-,22-21-,25-24-,28-27-,30-15+,38-36+. The fraction of sp³-hybridized carbons (Fsp3) is 0.622. The van der Waals surface area contributed by atoms with Crippen LogP contribution < -0.4 is 5.32 Å². The van der Waals surface area contributed by atoms with Gasteiger partial charge >= 0.3 is 7.82 Å². The van der Waals surface area contributed by atoms with E-state index in [9.17, 15) is 19.4 Å². The zero-order chi connectivity index (χ0) is 40.0. The second kappa shape index (κ2) is 36.1. The van der Waals surface area contributed by atoms with Crippen molar-refractivity contribution in [2.24, 2.45) is 0 Å². The van der Waals surface area contributed by atoms with Crippen molar-refractivity contribution in [3.05, 3.63) is 97.2 Å². The van der Waals surface area contributed by atoms with Crippen molar-refractivity contribution >= 4 is 13.7 Å². The van der Waals surface area contributed by atoms with Crippen LogP contribution >= 0.6 is 7.82 Å². The average molecular weight is 774 g/mol. The Morgan fingerprint density at radius 3 is 1.69 bits per heavy atom. The van der Waals surface area contributed by atoms with Gasteiger partial charge in [0.2, 0.25) is 5.91 Å². The number of aliphatic hydroxyl groups is 1. The van der Waals surface area contributed by atoms with E-state index in [-0.39, 0.29) is 19.1 Å². The number of carbonyl (C=O) groups is 1. The Kier molecular flexibility index (Phi) is 34.4. The zero-order valence-electron chi connectivity index (χ0n) is 34.7. The highest BCUT2D eigenvalue weighted by Gasteiger charge is 2.27. The van der Waals surface area contributed by atoms with Crippen LogP contribution in [0.3, 0.4) is 0 Å². The molecule has 3 unspecified atom stereocenters. The van der Waals surface area contributed by atoms with Gasteiger partial charge in [0.05, 0.1) is 39.9 Å². The molecular formula is C45H78N2O6P+. The predicted molar refractivity (Wildman–Crippen MR) is 230 cm³/mol. The van der Waals surface area contributed by atoms with Crippen molar-refractivity contribution in [3.63, 3.8) is 0 Å². The number of nitrogens with zero attached hydrogens (tertiary/aromatic N) is 1. The minimum absolute atomic E-state index is 0.0445. The quantitative estimate of drug-likeness (QED) is 0.0256. The number of likely N-dealkylation sites (N-methyl/N-ethyl adjacent to an activating group) is 1. The molecule has 0 rings (SSSR count). The van der Waals surface area contributed by atoms with Crippen molar-refractivity contribution in [2.45, 2.75) is 142 Å². The van der Waals surface area contributed by atoms with Gasteiger partial charge in [0.25, 0.3) is 0 Å². The fourth-order valence-electron chi connectivity index (χ4n) is 5.00. The smallest absolute Gasteiger partial charge is 0.387 e. The summed E-state index contributed by atoms with van der Waals surface area (Å²) in [4.78, 5) is 23.0. The second-order valence-electron chi connectivity index (χ2n) is 14.6. The minimum atomic E-state index is -4.35. The van der Waals surface area contributed by atoms with Crippen molar-refractivity contribution in [1.82, 2.24) is 5.32 Å². The molecule has 0 aromatic carbocycles. The predicted octanol–water partition coefficient (Wildman–Crippen LogP) is 11.2. The molecule has 0 saturated heterocycles. The van der Waals surface area contributed by atoms with Gasteiger partial charge in [0.1, 0.15) is 13.2 Å². The Balaban J connectivity index is 4.45. The number of allylic oxidation sites excluding steroid dienone is 15. The monoisotopic (exact) mass is 774 g/mol. The van der Waals surface area contributed by atoms with Gasteiger partial charge in [-0.15, -0.1) is 0 Å². The summed E-state index contributed by atoms with van der Waals surface area (Å²) < 4.78 is 23.4. The summed E-state index contributed by atoms with van der Waals surface area (Å²) in [5.41, 5.74) is 0. The average Bonchev–Trinajstić information content (AvgIpc) is 3.12. The summed E-state index contributed by atoms with van der Waals surface area (Å²) in [5.74, 6) is -0.221. The van der Waals surface area contributed by atoms with E-state index in [2.05, 4.69) is 104 Å². The lowest BCUT2D eigenvalue weighted by atomic mass is 10.1. The van der Waals surface area contributed by atoms with E-state index in [0.29, 0.717) is 17.4 Å². The molecule has 0 aliphatic heterocycles. The van der Waals surface area contributed by atoms with Crippen molar-refractivity contribution in [1.29, 1.82) is 0 Å². The normalized spacial score (nSPS) is 15.5. The lowest BCUT2D eigenvalue weighted by Gasteiger charge is -2.25. The Labute approximate surface area is 330 Å². The lowest BCUT2D eigenvalue weighted by Crippen LogP contribution is -2.45.